The highest BCUT2D eigenvalue weighted by Crippen LogP contribution is 2.32. The minimum atomic E-state index is -3.84. The zero-order valence-electron chi connectivity index (χ0n) is 15.6. The van der Waals surface area contributed by atoms with E-state index in [-0.39, 0.29) is 29.3 Å². The Labute approximate surface area is 165 Å². The van der Waals surface area contributed by atoms with Crippen LogP contribution in [-0.4, -0.2) is 31.7 Å². The van der Waals surface area contributed by atoms with Crippen LogP contribution in [0.3, 0.4) is 0 Å². The second kappa shape index (κ2) is 7.26. The van der Waals surface area contributed by atoms with E-state index in [1.54, 1.807) is 36.4 Å². The van der Waals surface area contributed by atoms with Gasteiger partial charge in [0.05, 0.1) is 4.90 Å². The van der Waals surface area contributed by atoms with Crippen LogP contribution < -0.4 is 5.32 Å². The summed E-state index contributed by atoms with van der Waals surface area (Å²) in [5.41, 5.74) is 1.52. The molecule has 0 aromatic heterocycles. The fourth-order valence-corrected chi connectivity index (χ4v) is 4.94. The van der Waals surface area contributed by atoms with Crippen molar-refractivity contribution in [1.29, 1.82) is 0 Å². The molecule has 1 aliphatic heterocycles. The van der Waals surface area contributed by atoms with E-state index in [1.165, 1.54) is 4.31 Å². The number of nitrogens with one attached hydrogen (secondary N) is 1. The summed E-state index contributed by atoms with van der Waals surface area (Å²) in [5, 5.41) is 3.20. The van der Waals surface area contributed by atoms with Crippen LogP contribution in [0.1, 0.15) is 37.9 Å². The van der Waals surface area contributed by atoms with Gasteiger partial charge in [0.15, 0.2) is 0 Å². The number of benzene rings is 2. The van der Waals surface area contributed by atoms with E-state index in [0.29, 0.717) is 10.6 Å². The molecule has 7 heteroatoms. The first-order chi connectivity index (χ1) is 12.6. The van der Waals surface area contributed by atoms with Crippen molar-refractivity contribution < 1.29 is 13.2 Å². The van der Waals surface area contributed by atoms with Crippen LogP contribution in [0.4, 0.5) is 0 Å². The van der Waals surface area contributed by atoms with Crippen molar-refractivity contribution in [2.75, 3.05) is 13.1 Å². The lowest BCUT2D eigenvalue weighted by Crippen LogP contribution is -2.52. The molecule has 5 nitrogen and oxygen atoms in total. The molecule has 2 aromatic carbocycles. The summed E-state index contributed by atoms with van der Waals surface area (Å²) >= 11 is 6.05. The number of sulfonamides is 1. The maximum atomic E-state index is 13.3. The molecule has 0 aliphatic carbocycles. The standard InChI is InChI=1S/C20H23ClN2O3S/c1-20(2,3)15-7-9-17(10-8-15)27(25,26)23-12-11-22-19(24)18(23)14-5-4-6-16(21)13-14/h4-10,13,18H,11-12H2,1-3H3,(H,22,24). The van der Waals surface area contributed by atoms with Gasteiger partial charge in [-0.3, -0.25) is 4.79 Å². The summed E-state index contributed by atoms with van der Waals surface area (Å²) in [7, 11) is -3.84. The third kappa shape index (κ3) is 4.03. The van der Waals surface area contributed by atoms with Gasteiger partial charge in [0.2, 0.25) is 15.9 Å². The molecule has 1 N–H and O–H groups in total. The van der Waals surface area contributed by atoms with Gasteiger partial charge in [0.1, 0.15) is 6.04 Å². The minimum Gasteiger partial charge on any atom is -0.353 e. The average Bonchev–Trinajstić information content (AvgIpc) is 2.61. The highest BCUT2D eigenvalue weighted by Gasteiger charge is 2.39. The summed E-state index contributed by atoms with van der Waals surface area (Å²) in [6.07, 6.45) is 0. The molecule has 2 aromatic rings. The van der Waals surface area contributed by atoms with Gasteiger partial charge in [-0.15, -0.1) is 0 Å². The first kappa shape index (κ1) is 19.9. The summed E-state index contributed by atoms with van der Waals surface area (Å²) in [4.78, 5) is 12.7. The Bertz CT molecular complexity index is 950. The van der Waals surface area contributed by atoms with Crippen molar-refractivity contribution in [2.24, 2.45) is 0 Å². The molecule has 3 rings (SSSR count). The van der Waals surface area contributed by atoms with E-state index in [0.717, 1.165) is 5.56 Å². The van der Waals surface area contributed by atoms with E-state index in [4.69, 9.17) is 11.6 Å². The maximum absolute atomic E-state index is 13.3. The van der Waals surface area contributed by atoms with Gasteiger partial charge in [-0.25, -0.2) is 8.42 Å². The Morgan fingerprint density at radius 2 is 1.78 bits per heavy atom. The third-order valence-electron chi connectivity index (χ3n) is 4.66. The Kier molecular flexibility index (Phi) is 5.34. The molecule has 0 saturated carbocycles. The zero-order chi connectivity index (χ0) is 19.8. The molecular weight excluding hydrogens is 384 g/mol. The number of rotatable bonds is 3. The average molecular weight is 407 g/mol. The van der Waals surface area contributed by atoms with E-state index in [9.17, 15) is 13.2 Å². The predicted octanol–water partition coefficient (Wildman–Crippen LogP) is 3.50. The lowest BCUT2D eigenvalue weighted by Gasteiger charge is -2.34. The fraction of sp³-hybridized carbons (Fsp3) is 0.350. The summed E-state index contributed by atoms with van der Waals surface area (Å²) in [6.45, 7) is 6.68. The number of halogens is 1. The number of amides is 1. The van der Waals surface area contributed by atoms with Crippen molar-refractivity contribution in [3.63, 3.8) is 0 Å². The number of carbonyl (C=O) groups excluding carboxylic acids is 1. The predicted molar refractivity (Wildman–Crippen MR) is 106 cm³/mol. The Morgan fingerprint density at radius 1 is 1.11 bits per heavy atom. The van der Waals surface area contributed by atoms with E-state index in [2.05, 4.69) is 26.1 Å². The lowest BCUT2D eigenvalue weighted by atomic mass is 9.87. The second-order valence-corrected chi connectivity index (χ2v) is 9.97. The van der Waals surface area contributed by atoms with Gasteiger partial charge in [-0.05, 0) is 40.8 Å². The van der Waals surface area contributed by atoms with Crippen LogP contribution in [0.2, 0.25) is 5.02 Å². The molecule has 1 saturated heterocycles. The Hall–Kier alpha value is -1.89. The zero-order valence-corrected chi connectivity index (χ0v) is 17.1. The van der Waals surface area contributed by atoms with Crippen molar-refractivity contribution in [3.8, 4) is 0 Å². The summed E-state index contributed by atoms with van der Waals surface area (Å²) in [6, 6.07) is 12.7. The molecule has 144 valence electrons. The number of piperazine rings is 1. The smallest absolute Gasteiger partial charge is 0.244 e. The monoisotopic (exact) mass is 406 g/mol. The van der Waals surface area contributed by atoms with Crippen LogP contribution in [0.25, 0.3) is 0 Å². The highest BCUT2D eigenvalue weighted by molar-refractivity contribution is 7.89. The molecule has 1 aliphatic rings. The van der Waals surface area contributed by atoms with Gasteiger partial charge in [0, 0.05) is 18.1 Å². The molecule has 0 spiro atoms. The normalized spacial score (nSPS) is 19.0. The molecule has 1 amide bonds. The highest BCUT2D eigenvalue weighted by atomic mass is 35.5. The first-order valence-corrected chi connectivity index (χ1v) is 10.6. The van der Waals surface area contributed by atoms with E-state index < -0.39 is 16.1 Å². The van der Waals surface area contributed by atoms with Crippen LogP contribution in [0.15, 0.2) is 53.4 Å². The molecule has 0 radical (unpaired) electrons. The van der Waals surface area contributed by atoms with Crippen LogP contribution in [0, 0.1) is 0 Å². The molecule has 1 heterocycles. The van der Waals surface area contributed by atoms with E-state index in [1.807, 2.05) is 12.1 Å². The van der Waals surface area contributed by atoms with Gasteiger partial charge >= 0.3 is 0 Å². The quantitative estimate of drug-likeness (QED) is 0.848. The number of hydrogen-bond donors (Lipinski definition) is 1. The topological polar surface area (TPSA) is 66.5 Å². The fourth-order valence-electron chi connectivity index (χ4n) is 3.16. The molecule has 0 bridgehead atoms. The van der Waals surface area contributed by atoms with Crippen molar-refractivity contribution in [3.05, 3.63) is 64.7 Å². The SMILES string of the molecule is CC(C)(C)c1ccc(S(=O)(=O)N2CCNC(=O)C2c2cccc(Cl)c2)cc1. The molecule has 1 unspecified atom stereocenters. The summed E-state index contributed by atoms with van der Waals surface area (Å²) < 4.78 is 27.8. The van der Waals surface area contributed by atoms with Gasteiger partial charge < -0.3 is 5.32 Å². The Morgan fingerprint density at radius 3 is 2.37 bits per heavy atom. The van der Waals surface area contributed by atoms with Crippen molar-refractivity contribution in [2.45, 2.75) is 37.1 Å². The van der Waals surface area contributed by atoms with Crippen LogP contribution in [0.5, 0.6) is 0 Å². The van der Waals surface area contributed by atoms with Crippen LogP contribution >= 0.6 is 11.6 Å². The third-order valence-corrected chi connectivity index (χ3v) is 6.77. The maximum Gasteiger partial charge on any atom is 0.244 e. The van der Waals surface area contributed by atoms with Gasteiger partial charge in [-0.1, -0.05) is 56.6 Å². The van der Waals surface area contributed by atoms with Crippen molar-refractivity contribution in [1.82, 2.24) is 9.62 Å². The van der Waals surface area contributed by atoms with Crippen LogP contribution in [-0.2, 0) is 20.2 Å². The second-order valence-electron chi connectivity index (χ2n) is 7.64. The molecular formula is C20H23ClN2O3S. The van der Waals surface area contributed by atoms with Crippen molar-refractivity contribution >= 4 is 27.5 Å². The minimum absolute atomic E-state index is 0.0728. The number of nitrogens with zero attached hydrogens (tertiary/aromatic N) is 1. The molecule has 27 heavy (non-hydrogen) atoms. The lowest BCUT2D eigenvalue weighted by molar-refractivity contribution is -0.126. The Balaban J connectivity index is 2.01. The largest absolute Gasteiger partial charge is 0.353 e. The molecule has 1 atom stereocenters. The first-order valence-electron chi connectivity index (χ1n) is 8.76. The number of hydrogen-bond acceptors (Lipinski definition) is 3. The van der Waals surface area contributed by atoms with Gasteiger partial charge in [-0.2, -0.15) is 4.31 Å². The summed E-state index contributed by atoms with van der Waals surface area (Å²) in [5.74, 6) is -0.349. The molecule has 1 fully saturated rings. The number of carbonyl (C=O) groups is 1. The van der Waals surface area contributed by atoms with Gasteiger partial charge in [0.25, 0.3) is 0 Å². The van der Waals surface area contributed by atoms with E-state index >= 15 is 0 Å².